The van der Waals surface area contributed by atoms with Crippen LogP contribution >= 0.6 is 0 Å². The van der Waals surface area contributed by atoms with Gasteiger partial charge in [0.05, 0.1) is 19.8 Å². The zero-order valence-corrected chi connectivity index (χ0v) is 20.9. The predicted molar refractivity (Wildman–Crippen MR) is 145 cm³/mol. The molecule has 1 heterocycles. The quantitative estimate of drug-likeness (QED) is 0.266. The van der Waals surface area contributed by atoms with E-state index < -0.39 is 0 Å². The van der Waals surface area contributed by atoms with Gasteiger partial charge in [-0.2, -0.15) is 0 Å². The number of nitrogens with zero attached hydrogens (tertiary/aromatic N) is 2. The Hall–Kier alpha value is -3.41. The summed E-state index contributed by atoms with van der Waals surface area (Å²) in [6.45, 7) is 6.41. The Morgan fingerprint density at radius 2 is 1.61 bits per heavy atom. The van der Waals surface area contributed by atoms with Gasteiger partial charge in [0.25, 0.3) is 0 Å². The molecule has 1 aliphatic heterocycles. The lowest BCUT2D eigenvalue weighted by molar-refractivity contribution is -0.126. The van der Waals surface area contributed by atoms with Gasteiger partial charge in [-0.1, -0.05) is 78.9 Å². The monoisotopic (exact) mass is 484 g/mol. The molecule has 0 bridgehead atoms. The molecule has 36 heavy (non-hydrogen) atoms. The molecular formula is C31H36N2O3. The van der Waals surface area contributed by atoms with Gasteiger partial charge >= 0.3 is 0 Å². The standard InChI is InChI=1S/C31H36N2O3/c34-31(17-16-27-10-3-1-4-11-27)33(20-18-28-12-5-2-6-13-28)26-29-14-7-8-15-30(29)36-23-9-19-32-21-24-35-25-22-32/h1-8,10-17H,9,18-26H2/b17-16+. The minimum atomic E-state index is -0.00287. The average Bonchev–Trinajstić information content (AvgIpc) is 2.94. The molecule has 0 aliphatic carbocycles. The van der Waals surface area contributed by atoms with Gasteiger partial charge in [-0.05, 0) is 36.1 Å². The van der Waals surface area contributed by atoms with Crippen LogP contribution in [0, 0.1) is 0 Å². The maximum atomic E-state index is 13.3. The van der Waals surface area contributed by atoms with E-state index in [4.69, 9.17) is 9.47 Å². The summed E-state index contributed by atoms with van der Waals surface area (Å²) in [6, 6.07) is 28.3. The van der Waals surface area contributed by atoms with Crippen LogP contribution in [-0.2, 0) is 22.5 Å². The number of benzene rings is 3. The van der Waals surface area contributed by atoms with Crippen LogP contribution in [0.3, 0.4) is 0 Å². The van der Waals surface area contributed by atoms with Gasteiger partial charge in [0.2, 0.25) is 5.91 Å². The van der Waals surface area contributed by atoms with Crippen LogP contribution < -0.4 is 4.74 Å². The Kier molecular flexibility index (Phi) is 10.1. The predicted octanol–water partition coefficient (Wildman–Crippen LogP) is 5.07. The summed E-state index contributed by atoms with van der Waals surface area (Å²) >= 11 is 0. The third-order valence-electron chi connectivity index (χ3n) is 6.36. The molecule has 0 aromatic heterocycles. The molecule has 5 heteroatoms. The Morgan fingerprint density at radius 1 is 0.917 bits per heavy atom. The molecule has 0 atom stereocenters. The highest BCUT2D eigenvalue weighted by molar-refractivity contribution is 5.91. The SMILES string of the molecule is O=C(/C=C/c1ccccc1)N(CCc1ccccc1)Cc1ccccc1OCCCN1CCOCC1. The average molecular weight is 485 g/mol. The molecule has 1 fully saturated rings. The van der Waals surface area contributed by atoms with E-state index >= 15 is 0 Å². The van der Waals surface area contributed by atoms with Gasteiger partial charge in [-0.3, -0.25) is 9.69 Å². The van der Waals surface area contributed by atoms with Crippen LogP contribution in [0.5, 0.6) is 5.75 Å². The third kappa shape index (κ3) is 8.36. The fourth-order valence-electron chi connectivity index (χ4n) is 4.29. The van der Waals surface area contributed by atoms with E-state index in [1.165, 1.54) is 5.56 Å². The molecule has 3 aromatic carbocycles. The lowest BCUT2D eigenvalue weighted by Crippen LogP contribution is -2.37. The minimum Gasteiger partial charge on any atom is -0.493 e. The lowest BCUT2D eigenvalue weighted by Gasteiger charge is -2.26. The number of rotatable bonds is 12. The summed E-state index contributed by atoms with van der Waals surface area (Å²) in [5, 5.41) is 0. The maximum Gasteiger partial charge on any atom is 0.246 e. The highest BCUT2D eigenvalue weighted by atomic mass is 16.5. The Bertz CT molecular complexity index is 1080. The lowest BCUT2D eigenvalue weighted by atomic mass is 10.1. The van der Waals surface area contributed by atoms with Gasteiger partial charge in [0, 0.05) is 44.4 Å². The van der Waals surface area contributed by atoms with E-state index in [-0.39, 0.29) is 5.91 Å². The normalized spacial score (nSPS) is 14.1. The van der Waals surface area contributed by atoms with E-state index in [2.05, 4.69) is 23.1 Å². The number of amides is 1. The maximum absolute atomic E-state index is 13.3. The van der Waals surface area contributed by atoms with Crippen molar-refractivity contribution < 1.29 is 14.3 Å². The molecule has 4 rings (SSSR count). The first-order valence-corrected chi connectivity index (χ1v) is 12.8. The van der Waals surface area contributed by atoms with Crippen molar-refractivity contribution in [1.29, 1.82) is 0 Å². The topological polar surface area (TPSA) is 42.0 Å². The molecule has 0 saturated carbocycles. The van der Waals surface area contributed by atoms with Crippen LogP contribution in [0.2, 0.25) is 0 Å². The van der Waals surface area contributed by atoms with E-state index in [0.717, 1.165) is 62.6 Å². The van der Waals surface area contributed by atoms with E-state index in [0.29, 0.717) is 19.7 Å². The number of hydrogen-bond acceptors (Lipinski definition) is 4. The second kappa shape index (κ2) is 14.2. The van der Waals surface area contributed by atoms with Crippen molar-refractivity contribution in [3.05, 3.63) is 108 Å². The summed E-state index contributed by atoms with van der Waals surface area (Å²) in [6.07, 6.45) is 5.32. The van der Waals surface area contributed by atoms with E-state index in [1.54, 1.807) is 6.08 Å². The number of hydrogen-bond donors (Lipinski definition) is 0. The number of carbonyl (C=O) groups excluding carboxylic acids is 1. The first-order chi connectivity index (χ1) is 17.8. The molecule has 1 saturated heterocycles. The highest BCUT2D eigenvalue weighted by Gasteiger charge is 2.15. The molecule has 188 valence electrons. The summed E-state index contributed by atoms with van der Waals surface area (Å²) in [5.74, 6) is 0.848. The Balaban J connectivity index is 1.40. The second-order valence-corrected chi connectivity index (χ2v) is 9.00. The van der Waals surface area contributed by atoms with Crippen molar-refractivity contribution in [1.82, 2.24) is 9.80 Å². The van der Waals surface area contributed by atoms with Gasteiger partial charge in [0.1, 0.15) is 5.75 Å². The summed E-state index contributed by atoms with van der Waals surface area (Å²) < 4.78 is 11.6. The Morgan fingerprint density at radius 3 is 2.39 bits per heavy atom. The third-order valence-corrected chi connectivity index (χ3v) is 6.36. The van der Waals surface area contributed by atoms with Crippen LogP contribution in [0.4, 0.5) is 0 Å². The molecule has 0 radical (unpaired) electrons. The number of ether oxygens (including phenoxy) is 2. The summed E-state index contributed by atoms with van der Waals surface area (Å²) in [7, 11) is 0. The van der Waals surface area contributed by atoms with Crippen molar-refractivity contribution in [2.45, 2.75) is 19.4 Å². The van der Waals surface area contributed by atoms with E-state index in [1.807, 2.05) is 77.7 Å². The highest BCUT2D eigenvalue weighted by Crippen LogP contribution is 2.21. The van der Waals surface area contributed by atoms with Crippen molar-refractivity contribution in [3.63, 3.8) is 0 Å². The van der Waals surface area contributed by atoms with Gasteiger partial charge < -0.3 is 14.4 Å². The molecule has 0 unspecified atom stereocenters. The second-order valence-electron chi connectivity index (χ2n) is 9.00. The number of para-hydroxylation sites is 1. The molecule has 1 aliphatic rings. The largest absolute Gasteiger partial charge is 0.493 e. The van der Waals surface area contributed by atoms with Crippen molar-refractivity contribution in [3.8, 4) is 5.75 Å². The molecule has 0 N–H and O–H groups in total. The molecule has 5 nitrogen and oxygen atoms in total. The first-order valence-electron chi connectivity index (χ1n) is 12.8. The molecule has 1 amide bonds. The molecular weight excluding hydrogens is 448 g/mol. The van der Waals surface area contributed by atoms with Crippen LogP contribution in [-0.4, -0.2) is 61.7 Å². The number of carbonyl (C=O) groups is 1. The van der Waals surface area contributed by atoms with Gasteiger partial charge in [-0.15, -0.1) is 0 Å². The smallest absolute Gasteiger partial charge is 0.246 e. The number of morpholine rings is 1. The summed E-state index contributed by atoms with van der Waals surface area (Å²) in [5.41, 5.74) is 3.26. The summed E-state index contributed by atoms with van der Waals surface area (Å²) in [4.78, 5) is 17.6. The molecule has 3 aromatic rings. The fourth-order valence-corrected chi connectivity index (χ4v) is 4.29. The van der Waals surface area contributed by atoms with E-state index in [9.17, 15) is 4.79 Å². The van der Waals surface area contributed by atoms with Crippen molar-refractivity contribution in [2.24, 2.45) is 0 Å². The zero-order chi connectivity index (χ0) is 24.8. The first kappa shape index (κ1) is 25.7. The zero-order valence-electron chi connectivity index (χ0n) is 20.9. The molecule has 0 spiro atoms. The van der Waals surface area contributed by atoms with Crippen LogP contribution in [0.25, 0.3) is 6.08 Å². The Labute approximate surface area is 215 Å². The fraction of sp³-hybridized carbons (Fsp3) is 0.323. The van der Waals surface area contributed by atoms with Crippen LogP contribution in [0.1, 0.15) is 23.1 Å². The van der Waals surface area contributed by atoms with Gasteiger partial charge in [-0.25, -0.2) is 0 Å². The van der Waals surface area contributed by atoms with Crippen molar-refractivity contribution in [2.75, 3.05) is 46.0 Å². The van der Waals surface area contributed by atoms with Gasteiger partial charge in [0.15, 0.2) is 0 Å². The van der Waals surface area contributed by atoms with Crippen molar-refractivity contribution >= 4 is 12.0 Å². The minimum absolute atomic E-state index is 0.00287. The van der Waals surface area contributed by atoms with Crippen LogP contribution in [0.15, 0.2) is 91.0 Å².